The predicted molar refractivity (Wildman–Crippen MR) is 83.4 cm³/mol. The summed E-state index contributed by atoms with van der Waals surface area (Å²) in [7, 11) is 0. The normalized spacial score (nSPS) is 16.7. The molecule has 116 valence electrons. The van der Waals surface area contributed by atoms with E-state index in [0.717, 1.165) is 39.0 Å². The van der Waals surface area contributed by atoms with E-state index >= 15 is 0 Å². The Morgan fingerprint density at radius 3 is 2.59 bits per heavy atom. The Hall–Kier alpha value is -2.21. The van der Waals surface area contributed by atoms with Crippen LogP contribution in [0.5, 0.6) is 0 Å². The zero-order valence-corrected chi connectivity index (χ0v) is 12.6. The maximum Gasteiger partial charge on any atom is 0.284 e. The van der Waals surface area contributed by atoms with Gasteiger partial charge in [0.15, 0.2) is 5.82 Å². The van der Waals surface area contributed by atoms with E-state index in [1.54, 1.807) is 6.20 Å². The van der Waals surface area contributed by atoms with Gasteiger partial charge in [-0.25, -0.2) is 4.98 Å². The number of hydrogen-bond acceptors (Lipinski definition) is 4. The number of nitrogens with two attached hydrogens (primary N) is 1. The van der Waals surface area contributed by atoms with E-state index in [-0.39, 0.29) is 0 Å². The first kappa shape index (κ1) is 14.7. The first-order chi connectivity index (χ1) is 10.7. The van der Waals surface area contributed by atoms with Gasteiger partial charge < -0.3 is 15.2 Å². The molecule has 1 aliphatic heterocycles. The molecule has 22 heavy (non-hydrogen) atoms. The van der Waals surface area contributed by atoms with Crippen LogP contribution in [0.25, 0.3) is 0 Å². The van der Waals surface area contributed by atoms with Crippen LogP contribution in [0.1, 0.15) is 34.9 Å². The van der Waals surface area contributed by atoms with Crippen molar-refractivity contribution in [2.45, 2.75) is 25.3 Å². The van der Waals surface area contributed by atoms with Crippen molar-refractivity contribution in [3.63, 3.8) is 0 Å². The summed E-state index contributed by atoms with van der Waals surface area (Å²) in [5.74, 6) is 0.502. The molecule has 2 N–H and O–H groups in total. The highest BCUT2D eigenvalue weighted by Crippen LogP contribution is 2.27. The van der Waals surface area contributed by atoms with Gasteiger partial charge in [-0.05, 0) is 49.5 Å². The van der Waals surface area contributed by atoms with Gasteiger partial charge in [-0.3, -0.25) is 9.78 Å². The minimum absolute atomic E-state index is 0.340. The maximum absolute atomic E-state index is 11.3. The Morgan fingerprint density at radius 1 is 1.18 bits per heavy atom. The summed E-state index contributed by atoms with van der Waals surface area (Å²) < 4.78 is 1.83. The third kappa shape index (κ3) is 3.33. The van der Waals surface area contributed by atoms with Crippen molar-refractivity contribution in [1.82, 2.24) is 19.4 Å². The van der Waals surface area contributed by atoms with Crippen molar-refractivity contribution in [3.05, 3.63) is 48.3 Å². The third-order valence-corrected chi connectivity index (χ3v) is 4.36. The molecule has 0 unspecified atom stereocenters. The molecule has 0 aliphatic carbocycles. The number of rotatable bonds is 5. The minimum Gasteiger partial charge on any atom is -0.363 e. The number of carbonyl (C=O) groups is 1. The molecule has 6 heteroatoms. The standard InChI is InChI=1S/C16H21N5O/c17-15(22)16-19-7-10-21(16)12-11-20-8-3-14(4-9-20)13-1-5-18-6-2-13/h1-2,5-7,10,14H,3-4,8-9,11-12H2,(H2,17,22). The van der Waals surface area contributed by atoms with Gasteiger partial charge >= 0.3 is 0 Å². The minimum atomic E-state index is -0.471. The van der Waals surface area contributed by atoms with E-state index in [4.69, 9.17) is 5.73 Å². The highest BCUT2D eigenvalue weighted by molar-refractivity contribution is 5.89. The van der Waals surface area contributed by atoms with Gasteiger partial charge in [-0.2, -0.15) is 0 Å². The Kier molecular flexibility index (Phi) is 4.48. The molecular weight excluding hydrogens is 278 g/mol. The number of primary amides is 1. The summed E-state index contributed by atoms with van der Waals surface area (Å²) in [6.07, 6.45) is 9.49. The fraction of sp³-hybridized carbons (Fsp3) is 0.438. The number of pyridine rings is 1. The van der Waals surface area contributed by atoms with E-state index in [9.17, 15) is 4.79 Å². The van der Waals surface area contributed by atoms with Gasteiger partial charge in [0.25, 0.3) is 5.91 Å². The van der Waals surface area contributed by atoms with E-state index in [0.29, 0.717) is 11.7 Å². The molecule has 1 saturated heterocycles. The molecule has 0 saturated carbocycles. The monoisotopic (exact) mass is 299 g/mol. The largest absolute Gasteiger partial charge is 0.363 e. The molecule has 6 nitrogen and oxygen atoms in total. The number of imidazole rings is 1. The summed E-state index contributed by atoms with van der Waals surface area (Å²) in [6.45, 7) is 3.82. The van der Waals surface area contributed by atoms with Crippen LogP contribution < -0.4 is 5.73 Å². The van der Waals surface area contributed by atoms with Crippen molar-refractivity contribution in [2.24, 2.45) is 5.73 Å². The number of carbonyl (C=O) groups excluding carboxylic acids is 1. The van der Waals surface area contributed by atoms with Gasteiger partial charge in [0.2, 0.25) is 0 Å². The lowest BCUT2D eigenvalue weighted by Gasteiger charge is -2.32. The molecule has 2 aromatic heterocycles. The lowest BCUT2D eigenvalue weighted by molar-refractivity contribution is 0.0985. The molecule has 1 fully saturated rings. The maximum atomic E-state index is 11.3. The van der Waals surface area contributed by atoms with Crippen LogP contribution in [0.15, 0.2) is 36.9 Å². The Morgan fingerprint density at radius 2 is 1.91 bits per heavy atom. The lowest BCUT2D eigenvalue weighted by atomic mass is 9.90. The Balaban J connectivity index is 1.50. The fourth-order valence-corrected chi connectivity index (χ4v) is 3.09. The molecule has 1 amide bonds. The summed E-state index contributed by atoms with van der Waals surface area (Å²) in [5, 5.41) is 0. The van der Waals surface area contributed by atoms with Crippen LogP contribution in [-0.4, -0.2) is 45.0 Å². The second kappa shape index (κ2) is 6.70. The van der Waals surface area contributed by atoms with Gasteiger partial charge in [-0.1, -0.05) is 0 Å². The molecule has 1 aliphatic rings. The smallest absolute Gasteiger partial charge is 0.284 e. The van der Waals surface area contributed by atoms with Gasteiger partial charge in [0.05, 0.1) is 0 Å². The summed E-state index contributed by atoms with van der Waals surface area (Å²) in [4.78, 5) is 21.8. The van der Waals surface area contributed by atoms with Crippen LogP contribution >= 0.6 is 0 Å². The summed E-state index contributed by atoms with van der Waals surface area (Å²) in [6, 6.07) is 4.23. The number of piperidine rings is 1. The van der Waals surface area contributed by atoms with Gasteiger partial charge in [0.1, 0.15) is 0 Å². The van der Waals surface area contributed by atoms with Crippen LogP contribution in [-0.2, 0) is 6.54 Å². The summed E-state index contributed by atoms with van der Waals surface area (Å²) >= 11 is 0. The van der Waals surface area contributed by atoms with E-state index in [2.05, 4.69) is 27.0 Å². The topological polar surface area (TPSA) is 77.0 Å². The number of nitrogens with zero attached hydrogens (tertiary/aromatic N) is 4. The second-order valence-electron chi connectivity index (χ2n) is 5.70. The average Bonchev–Trinajstić information content (AvgIpc) is 3.03. The number of aromatic nitrogens is 3. The van der Waals surface area contributed by atoms with Crippen LogP contribution in [0, 0.1) is 0 Å². The van der Waals surface area contributed by atoms with Crippen molar-refractivity contribution >= 4 is 5.91 Å². The van der Waals surface area contributed by atoms with Gasteiger partial charge in [0, 0.05) is 37.9 Å². The highest BCUT2D eigenvalue weighted by atomic mass is 16.1. The van der Waals surface area contributed by atoms with Crippen molar-refractivity contribution in [1.29, 1.82) is 0 Å². The number of likely N-dealkylation sites (tertiary alicyclic amines) is 1. The van der Waals surface area contributed by atoms with Crippen molar-refractivity contribution < 1.29 is 4.79 Å². The highest BCUT2D eigenvalue weighted by Gasteiger charge is 2.20. The van der Waals surface area contributed by atoms with Crippen LogP contribution in [0.4, 0.5) is 0 Å². The van der Waals surface area contributed by atoms with Gasteiger partial charge in [-0.15, -0.1) is 0 Å². The molecule has 0 bridgehead atoms. The second-order valence-corrected chi connectivity index (χ2v) is 5.70. The zero-order chi connectivity index (χ0) is 15.4. The molecule has 0 radical (unpaired) electrons. The predicted octanol–water partition coefficient (Wildman–Crippen LogP) is 1.26. The molecule has 0 atom stereocenters. The first-order valence-electron chi connectivity index (χ1n) is 7.67. The quantitative estimate of drug-likeness (QED) is 0.901. The lowest BCUT2D eigenvalue weighted by Crippen LogP contribution is -2.35. The van der Waals surface area contributed by atoms with Crippen LogP contribution in [0.3, 0.4) is 0 Å². The molecular formula is C16H21N5O. The molecule has 3 heterocycles. The average molecular weight is 299 g/mol. The van der Waals surface area contributed by atoms with Crippen LogP contribution in [0.2, 0.25) is 0 Å². The van der Waals surface area contributed by atoms with E-state index < -0.39 is 5.91 Å². The van der Waals surface area contributed by atoms with E-state index in [1.807, 2.05) is 23.2 Å². The van der Waals surface area contributed by atoms with Crippen molar-refractivity contribution in [2.75, 3.05) is 19.6 Å². The molecule has 2 aromatic rings. The third-order valence-electron chi connectivity index (χ3n) is 4.36. The summed E-state index contributed by atoms with van der Waals surface area (Å²) in [5.41, 5.74) is 6.70. The molecule has 0 aromatic carbocycles. The van der Waals surface area contributed by atoms with Crippen molar-refractivity contribution in [3.8, 4) is 0 Å². The van der Waals surface area contributed by atoms with E-state index in [1.165, 1.54) is 5.56 Å². The Labute approximate surface area is 130 Å². The SMILES string of the molecule is NC(=O)c1nccn1CCN1CCC(c2ccncc2)CC1. The molecule has 0 spiro atoms. The molecule has 3 rings (SSSR count). The first-order valence-corrected chi connectivity index (χ1v) is 7.67. The fourth-order valence-electron chi connectivity index (χ4n) is 3.09. The number of amides is 1. The Bertz CT molecular complexity index is 616. The zero-order valence-electron chi connectivity index (χ0n) is 12.6. The number of hydrogen-bond donors (Lipinski definition) is 1.